The van der Waals surface area contributed by atoms with Crippen LogP contribution in [0.3, 0.4) is 0 Å². The molecule has 8 nitrogen and oxygen atoms in total. The minimum atomic E-state index is -0.595. The average molecular weight is 405 g/mol. The number of nitro benzene ring substituents is 1. The van der Waals surface area contributed by atoms with Crippen molar-refractivity contribution in [2.75, 3.05) is 20.3 Å². The number of carbonyl (C=O) groups is 1. The highest BCUT2D eigenvalue weighted by atomic mass is 32.1. The summed E-state index contributed by atoms with van der Waals surface area (Å²) in [4.78, 5) is 25.7. The Kier molecular flexibility index (Phi) is 5.83. The molecule has 9 heteroatoms. The second-order valence-electron chi connectivity index (χ2n) is 6.56. The Morgan fingerprint density at radius 2 is 1.93 bits per heavy atom. The lowest BCUT2D eigenvalue weighted by molar-refractivity contribution is -0.385. The maximum atomic E-state index is 12.8. The third-order valence-corrected chi connectivity index (χ3v) is 5.29. The van der Waals surface area contributed by atoms with Crippen molar-refractivity contribution >= 4 is 28.8 Å². The smallest absolute Gasteiger partial charge is 0.311 e. The van der Waals surface area contributed by atoms with Gasteiger partial charge >= 0.3 is 5.69 Å². The number of nitro groups is 1. The van der Waals surface area contributed by atoms with E-state index in [9.17, 15) is 14.9 Å². The summed E-state index contributed by atoms with van der Waals surface area (Å²) in [5.41, 5.74) is 1.80. The number of allylic oxidation sites excluding steroid dienone is 1. The number of thiocarbonyl (C=S) groups is 1. The normalized spacial score (nSPS) is 19.2. The molecule has 1 unspecified atom stereocenters. The Balaban J connectivity index is 2.21. The summed E-state index contributed by atoms with van der Waals surface area (Å²) in [6.45, 7) is 4.24. The van der Waals surface area contributed by atoms with Crippen LogP contribution in [0.25, 0.3) is 0 Å². The average Bonchev–Trinajstić information content (AvgIpc) is 2.65. The summed E-state index contributed by atoms with van der Waals surface area (Å²) in [5.74, 6) is 0.595. The fourth-order valence-electron chi connectivity index (χ4n) is 3.66. The molecule has 0 radical (unpaired) electrons. The largest absolute Gasteiger partial charge is 0.493 e. The number of ketones is 1. The van der Waals surface area contributed by atoms with Gasteiger partial charge in [0.1, 0.15) is 5.75 Å². The number of Topliss-reactive ketones (excluding diaryl/α,β-unsaturated/α-hetero) is 1. The molecule has 1 N–H and O–H groups in total. The molecule has 1 aromatic rings. The van der Waals surface area contributed by atoms with E-state index in [0.29, 0.717) is 35.0 Å². The van der Waals surface area contributed by atoms with E-state index in [0.717, 1.165) is 18.5 Å². The predicted molar refractivity (Wildman–Crippen MR) is 108 cm³/mol. The number of hydrogen-bond acceptors (Lipinski definition) is 6. The zero-order valence-corrected chi connectivity index (χ0v) is 16.9. The molecular weight excluding hydrogens is 382 g/mol. The first-order valence-electron chi connectivity index (χ1n) is 9.27. The molecule has 0 saturated carbocycles. The SMILES string of the molecule is CCOc1cc(OCC)c([N+](=O)[O-])cc1C1NC(=S)N(C)C2=C1C(=O)CCC2. The van der Waals surface area contributed by atoms with Gasteiger partial charge in [-0.25, -0.2) is 0 Å². The quantitative estimate of drug-likeness (QED) is 0.438. The third kappa shape index (κ3) is 3.54. The summed E-state index contributed by atoms with van der Waals surface area (Å²) >= 11 is 5.44. The van der Waals surface area contributed by atoms with E-state index >= 15 is 0 Å². The van der Waals surface area contributed by atoms with E-state index < -0.39 is 11.0 Å². The van der Waals surface area contributed by atoms with Crippen LogP contribution in [0.4, 0.5) is 5.69 Å². The lowest BCUT2D eigenvalue weighted by Gasteiger charge is -2.39. The molecule has 0 saturated heterocycles. The van der Waals surface area contributed by atoms with Crippen LogP contribution >= 0.6 is 12.2 Å². The van der Waals surface area contributed by atoms with E-state index in [2.05, 4.69) is 5.32 Å². The summed E-state index contributed by atoms with van der Waals surface area (Å²) in [6, 6.07) is 2.35. The van der Waals surface area contributed by atoms with Crippen molar-refractivity contribution in [3.63, 3.8) is 0 Å². The number of rotatable bonds is 6. The van der Waals surface area contributed by atoms with Crippen LogP contribution in [0.2, 0.25) is 0 Å². The Morgan fingerprint density at radius 3 is 2.57 bits per heavy atom. The van der Waals surface area contributed by atoms with Gasteiger partial charge in [-0.05, 0) is 38.9 Å². The Bertz CT molecular complexity index is 867. The van der Waals surface area contributed by atoms with Crippen molar-refractivity contribution < 1.29 is 19.2 Å². The van der Waals surface area contributed by atoms with E-state index in [1.807, 2.05) is 18.9 Å². The molecule has 1 atom stereocenters. The number of benzene rings is 1. The second kappa shape index (κ2) is 8.14. The molecule has 1 heterocycles. The van der Waals surface area contributed by atoms with Gasteiger partial charge in [-0.15, -0.1) is 0 Å². The fourth-order valence-corrected chi connectivity index (χ4v) is 3.88. The van der Waals surface area contributed by atoms with Crippen LogP contribution < -0.4 is 14.8 Å². The summed E-state index contributed by atoms with van der Waals surface area (Å²) in [7, 11) is 1.82. The number of hydrogen-bond donors (Lipinski definition) is 1. The van der Waals surface area contributed by atoms with Crippen molar-refractivity contribution in [2.45, 2.75) is 39.2 Å². The summed E-state index contributed by atoms with van der Waals surface area (Å²) in [5, 5.41) is 15.2. The standard InChI is InChI=1S/C19H23N3O5S/c1-4-26-15-10-16(27-5-2)13(22(24)25)9-11(15)18-17-12(7-6-8-14(17)23)21(3)19(28)20-18/h9-10,18H,4-8H2,1-3H3,(H,20,28). The molecule has 0 aromatic heterocycles. The molecule has 2 aliphatic rings. The monoisotopic (exact) mass is 405 g/mol. The molecule has 3 rings (SSSR count). The predicted octanol–water partition coefficient (Wildman–Crippen LogP) is 3.26. The van der Waals surface area contributed by atoms with Gasteiger partial charge in [-0.2, -0.15) is 0 Å². The summed E-state index contributed by atoms with van der Waals surface area (Å²) in [6.07, 6.45) is 1.94. The van der Waals surface area contributed by atoms with E-state index in [1.54, 1.807) is 6.92 Å². The number of carbonyl (C=O) groups excluding carboxylic acids is 1. The van der Waals surface area contributed by atoms with Crippen LogP contribution in [0.1, 0.15) is 44.7 Å². The van der Waals surface area contributed by atoms with Crippen molar-refractivity contribution in [1.82, 2.24) is 10.2 Å². The molecule has 1 aromatic carbocycles. The lowest BCUT2D eigenvalue weighted by Crippen LogP contribution is -2.47. The highest BCUT2D eigenvalue weighted by Crippen LogP contribution is 2.43. The molecule has 0 amide bonds. The minimum Gasteiger partial charge on any atom is -0.493 e. The topological polar surface area (TPSA) is 93.9 Å². The first kappa shape index (κ1) is 20.1. The van der Waals surface area contributed by atoms with E-state index in [1.165, 1.54) is 12.1 Å². The van der Waals surface area contributed by atoms with Gasteiger partial charge in [0.2, 0.25) is 5.75 Å². The number of nitrogens with one attached hydrogen (secondary N) is 1. The maximum Gasteiger partial charge on any atom is 0.311 e. The van der Waals surface area contributed by atoms with Gasteiger partial charge in [-0.1, -0.05) is 0 Å². The van der Waals surface area contributed by atoms with Crippen LogP contribution in [0.5, 0.6) is 11.5 Å². The number of ether oxygens (including phenoxy) is 2. The van der Waals surface area contributed by atoms with Crippen molar-refractivity contribution in [3.8, 4) is 11.5 Å². The number of nitrogens with zero attached hydrogens (tertiary/aromatic N) is 2. The summed E-state index contributed by atoms with van der Waals surface area (Å²) < 4.78 is 11.2. The van der Waals surface area contributed by atoms with Crippen LogP contribution in [0.15, 0.2) is 23.4 Å². The molecular formula is C19H23N3O5S. The molecule has 1 aliphatic carbocycles. The second-order valence-corrected chi connectivity index (χ2v) is 6.95. The van der Waals surface area contributed by atoms with Crippen molar-refractivity contribution in [1.29, 1.82) is 0 Å². The van der Waals surface area contributed by atoms with Gasteiger partial charge in [0.25, 0.3) is 0 Å². The molecule has 0 bridgehead atoms. The molecule has 0 spiro atoms. The third-order valence-electron chi connectivity index (χ3n) is 4.89. The Hall–Kier alpha value is -2.68. The van der Waals surface area contributed by atoms with E-state index in [4.69, 9.17) is 21.7 Å². The van der Waals surface area contributed by atoms with Gasteiger partial charge in [0.15, 0.2) is 10.9 Å². The van der Waals surface area contributed by atoms with Gasteiger partial charge in [0, 0.05) is 42.4 Å². The molecule has 1 aliphatic heterocycles. The fraction of sp³-hybridized carbons (Fsp3) is 0.474. The van der Waals surface area contributed by atoms with Crippen molar-refractivity contribution in [3.05, 3.63) is 39.1 Å². The Morgan fingerprint density at radius 1 is 1.25 bits per heavy atom. The molecule has 28 heavy (non-hydrogen) atoms. The highest BCUT2D eigenvalue weighted by Gasteiger charge is 2.38. The molecule has 150 valence electrons. The zero-order chi connectivity index (χ0) is 20.4. The van der Waals surface area contributed by atoms with Crippen molar-refractivity contribution in [2.24, 2.45) is 0 Å². The van der Waals surface area contributed by atoms with E-state index in [-0.39, 0.29) is 23.8 Å². The van der Waals surface area contributed by atoms with Gasteiger partial charge in [-0.3, -0.25) is 14.9 Å². The van der Waals surface area contributed by atoms with Crippen LogP contribution in [0, 0.1) is 10.1 Å². The van der Waals surface area contributed by atoms with Crippen LogP contribution in [-0.2, 0) is 4.79 Å². The first-order valence-corrected chi connectivity index (χ1v) is 9.68. The highest BCUT2D eigenvalue weighted by molar-refractivity contribution is 7.80. The molecule has 0 fully saturated rings. The zero-order valence-electron chi connectivity index (χ0n) is 16.1. The Labute approximate surface area is 168 Å². The lowest BCUT2D eigenvalue weighted by atomic mass is 9.84. The minimum absolute atomic E-state index is 0.0205. The maximum absolute atomic E-state index is 12.8. The van der Waals surface area contributed by atoms with Gasteiger partial charge < -0.3 is 19.7 Å². The first-order chi connectivity index (χ1) is 13.4. The van der Waals surface area contributed by atoms with Gasteiger partial charge in [0.05, 0.1) is 24.2 Å². The van der Waals surface area contributed by atoms with Crippen LogP contribution in [-0.4, -0.2) is 41.0 Å².